The number of ether oxygens (including phenoxy) is 1. The van der Waals surface area contributed by atoms with Gasteiger partial charge in [0.1, 0.15) is 0 Å². The van der Waals surface area contributed by atoms with Crippen molar-refractivity contribution in [1.29, 1.82) is 0 Å². The molecule has 6 heteroatoms. The summed E-state index contributed by atoms with van der Waals surface area (Å²) < 4.78 is 5.75. The van der Waals surface area contributed by atoms with Gasteiger partial charge in [-0.15, -0.1) is 0 Å². The van der Waals surface area contributed by atoms with Crippen LogP contribution in [-0.4, -0.2) is 49.3 Å². The Kier molecular flexibility index (Phi) is 6.63. The minimum absolute atomic E-state index is 0.0936. The van der Waals surface area contributed by atoms with E-state index in [9.17, 15) is 4.79 Å². The Hall–Kier alpha value is -0.620. The molecule has 0 fully saturated rings. The van der Waals surface area contributed by atoms with Crippen molar-refractivity contribution in [2.45, 2.75) is 0 Å². The van der Waals surface area contributed by atoms with Gasteiger partial charge in [-0.2, -0.15) is 0 Å². The van der Waals surface area contributed by atoms with Gasteiger partial charge in [-0.1, -0.05) is 27.5 Å². The molecule has 0 aliphatic carbocycles. The first-order valence-electron chi connectivity index (χ1n) is 5.44. The van der Waals surface area contributed by atoms with Gasteiger partial charge in [0.2, 0.25) is 0 Å². The molecule has 0 atom stereocenters. The number of rotatable bonds is 6. The minimum Gasteiger partial charge on any atom is -0.395 e. The Bertz CT molecular complexity index is 414. The van der Waals surface area contributed by atoms with Crippen LogP contribution in [0.15, 0.2) is 22.7 Å². The third-order valence-electron chi connectivity index (χ3n) is 2.38. The smallest absolute Gasteiger partial charge is 0.255 e. The van der Waals surface area contributed by atoms with Crippen molar-refractivity contribution in [2.24, 2.45) is 0 Å². The average Bonchev–Trinajstić information content (AvgIpc) is 2.33. The van der Waals surface area contributed by atoms with Crippen molar-refractivity contribution in [3.63, 3.8) is 0 Å². The number of carbonyl (C=O) groups excluding carboxylic acids is 1. The van der Waals surface area contributed by atoms with Crippen LogP contribution in [0.5, 0.6) is 0 Å². The molecule has 0 heterocycles. The number of methoxy groups -OCH3 is 1. The molecule has 1 amide bonds. The highest BCUT2D eigenvalue weighted by Crippen LogP contribution is 2.22. The van der Waals surface area contributed by atoms with Gasteiger partial charge in [-0.05, 0) is 18.2 Å². The van der Waals surface area contributed by atoms with Crippen LogP contribution in [0.2, 0.25) is 5.02 Å². The van der Waals surface area contributed by atoms with Crippen LogP contribution in [0, 0.1) is 0 Å². The number of halogens is 2. The second-order valence-electron chi connectivity index (χ2n) is 3.63. The predicted molar refractivity (Wildman–Crippen MR) is 74.0 cm³/mol. The Morgan fingerprint density at radius 1 is 1.50 bits per heavy atom. The summed E-state index contributed by atoms with van der Waals surface area (Å²) in [6, 6.07) is 5.08. The summed E-state index contributed by atoms with van der Waals surface area (Å²) in [6.07, 6.45) is 0. The van der Waals surface area contributed by atoms with Gasteiger partial charge in [0.05, 0.1) is 23.8 Å². The Morgan fingerprint density at radius 2 is 2.22 bits per heavy atom. The van der Waals surface area contributed by atoms with Crippen LogP contribution >= 0.6 is 27.5 Å². The molecule has 1 rings (SSSR count). The molecule has 1 N–H and O–H groups in total. The molecule has 0 aliphatic heterocycles. The van der Waals surface area contributed by atoms with Crippen molar-refractivity contribution in [2.75, 3.05) is 33.4 Å². The number of carbonyl (C=O) groups is 1. The summed E-state index contributed by atoms with van der Waals surface area (Å²) in [5, 5.41) is 9.35. The van der Waals surface area contributed by atoms with E-state index < -0.39 is 0 Å². The minimum atomic E-state index is -0.210. The van der Waals surface area contributed by atoms with Crippen LogP contribution in [0.25, 0.3) is 0 Å². The third kappa shape index (κ3) is 4.24. The highest BCUT2D eigenvalue weighted by Gasteiger charge is 2.17. The maximum Gasteiger partial charge on any atom is 0.255 e. The van der Waals surface area contributed by atoms with Gasteiger partial charge < -0.3 is 14.7 Å². The van der Waals surface area contributed by atoms with E-state index in [0.29, 0.717) is 23.7 Å². The number of nitrogens with zero attached hydrogens (tertiary/aromatic N) is 1. The molecule has 0 spiro atoms. The highest BCUT2D eigenvalue weighted by molar-refractivity contribution is 9.10. The lowest BCUT2D eigenvalue weighted by Crippen LogP contribution is -2.36. The van der Waals surface area contributed by atoms with Crippen LogP contribution < -0.4 is 0 Å². The first kappa shape index (κ1) is 15.4. The highest BCUT2D eigenvalue weighted by atomic mass is 79.9. The molecular weight excluding hydrogens is 321 g/mol. The molecule has 0 unspecified atom stereocenters. The summed E-state index contributed by atoms with van der Waals surface area (Å²) in [7, 11) is 1.56. The molecule has 1 aromatic rings. The van der Waals surface area contributed by atoms with E-state index in [0.717, 1.165) is 4.47 Å². The van der Waals surface area contributed by atoms with E-state index in [-0.39, 0.29) is 19.1 Å². The number of hydrogen-bond acceptors (Lipinski definition) is 3. The van der Waals surface area contributed by atoms with Crippen molar-refractivity contribution >= 4 is 33.4 Å². The van der Waals surface area contributed by atoms with E-state index >= 15 is 0 Å². The third-order valence-corrected chi connectivity index (χ3v) is 3.19. The van der Waals surface area contributed by atoms with Gasteiger partial charge in [0, 0.05) is 24.7 Å². The van der Waals surface area contributed by atoms with Crippen molar-refractivity contribution in [3.05, 3.63) is 33.3 Å². The standard InChI is InChI=1S/C12H15BrClNO3/c1-18-7-5-15(4-6-16)12(17)10-3-2-9(13)8-11(10)14/h2-3,8,16H,4-7H2,1H3. The lowest BCUT2D eigenvalue weighted by Gasteiger charge is -2.21. The van der Waals surface area contributed by atoms with Crippen LogP contribution in [0.3, 0.4) is 0 Å². The topological polar surface area (TPSA) is 49.8 Å². The molecule has 0 aromatic heterocycles. The number of hydrogen-bond donors (Lipinski definition) is 1. The Morgan fingerprint density at radius 3 is 2.78 bits per heavy atom. The van der Waals surface area contributed by atoms with Gasteiger partial charge >= 0.3 is 0 Å². The summed E-state index contributed by atoms with van der Waals surface area (Å²) in [6.45, 7) is 1.00. The molecule has 0 radical (unpaired) electrons. The van der Waals surface area contributed by atoms with E-state index in [1.807, 2.05) is 0 Å². The van der Waals surface area contributed by atoms with E-state index in [4.69, 9.17) is 21.4 Å². The molecule has 1 aromatic carbocycles. The van der Waals surface area contributed by atoms with Crippen LogP contribution in [0.4, 0.5) is 0 Å². The molecule has 100 valence electrons. The first-order valence-corrected chi connectivity index (χ1v) is 6.61. The fourth-order valence-corrected chi connectivity index (χ4v) is 2.22. The van der Waals surface area contributed by atoms with Crippen LogP contribution in [-0.2, 0) is 4.74 Å². The summed E-state index contributed by atoms with van der Waals surface area (Å²) in [5.74, 6) is -0.210. The SMILES string of the molecule is COCCN(CCO)C(=O)c1ccc(Br)cc1Cl. The molecule has 0 bridgehead atoms. The summed E-state index contributed by atoms with van der Waals surface area (Å²) >= 11 is 9.32. The maximum absolute atomic E-state index is 12.2. The van der Waals surface area contributed by atoms with Gasteiger partial charge in [-0.3, -0.25) is 4.79 Å². The zero-order chi connectivity index (χ0) is 13.5. The molecule has 0 saturated carbocycles. The fourth-order valence-electron chi connectivity index (χ4n) is 1.47. The van der Waals surface area contributed by atoms with E-state index in [1.165, 1.54) is 4.90 Å². The average molecular weight is 337 g/mol. The second kappa shape index (κ2) is 7.74. The lowest BCUT2D eigenvalue weighted by atomic mass is 10.2. The molecule has 0 saturated heterocycles. The normalized spacial score (nSPS) is 10.4. The number of aliphatic hydroxyl groups is 1. The van der Waals surface area contributed by atoms with Crippen molar-refractivity contribution in [3.8, 4) is 0 Å². The number of aliphatic hydroxyl groups excluding tert-OH is 1. The lowest BCUT2D eigenvalue weighted by molar-refractivity contribution is 0.0656. The van der Waals surface area contributed by atoms with Crippen molar-refractivity contribution < 1.29 is 14.6 Å². The zero-order valence-corrected chi connectivity index (χ0v) is 12.4. The first-order chi connectivity index (χ1) is 8.60. The van der Waals surface area contributed by atoms with Gasteiger partial charge in [-0.25, -0.2) is 0 Å². The van der Waals surface area contributed by atoms with Crippen molar-refractivity contribution in [1.82, 2.24) is 4.90 Å². The molecular formula is C12H15BrClNO3. The van der Waals surface area contributed by atoms with E-state index in [1.54, 1.807) is 25.3 Å². The number of benzene rings is 1. The molecule has 0 aliphatic rings. The Labute approximate surface area is 120 Å². The van der Waals surface area contributed by atoms with E-state index in [2.05, 4.69) is 15.9 Å². The molecule has 4 nitrogen and oxygen atoms in total. The van der Waals surface area contributed by atoms with Gasteiger partial charge in [0.25, 0.3) is 5.91 Å². The monoisotopic (exact) mass is 335 g/mol. The fraction of sp³-hybridized carbons (Fsp3) is 0.417. The summed E-state index contributed by atoms with van der Waals surface area (Å²) in [5.41, 5.74) is 0.421. The van der Waals surface area contributed by atoms with Crippen LogP contribution in [0.1, 0.15) is 10.4 Å². The largest absolute Gasteiger partial charge is 0.395 e. The van der Waals surface area contributed by atoms with Gasteiger partial charge in [0.15, 0.2) is 0 Å². The second-order valence-corrected chi connectivity index (χ2v) is 4.96. The zero-order valence-electron chi connectivity index (χ0n) is 10.0. The number of amides is 1. The summed E-state index contributed by atoms with van der Waals surface area (Å²) in [4.78, 5) is 13.7. The maximum atomic E-state index is 12.2. The molecule has 18 heavy (non-hydrogen) atoms. The Balaban J connectivity index is 2.87. The quantitative estimate of drug-likeness (QED) is 0.866. The predicted octanol–water partition coefficient (Wildman–Crippen LogP) is 2.18.